The van der Waals surface area contributed by atoms with Gasteiger partial charge in [0.15, 0.2) is 8.68 Å². The zero-order valence-electron chi connectivity index (χ0n) is 11.5. The Kier molecular flexibility index (Phi) is 8.43. The van der Waals surface area contributed by atoms with E-state index in [-0.39, 0.29) is 5.91 Å². The first-order chi connectivity index (χ1) is 9.11. The van der Waals surface area contributed by atoms with Gasteiger partial charge in [-0.05, 0) is 20.5 Å². The van der Waals surface area contributed by atoms with Gasteiger partial charge < -0.3 is 10.2 Å². The van der Waals surface area contributed by atoms with Crippen molar-refractivity contribution in [2.45, 2.75) is 22.0 Å². The molecule has 0 saturated carbocycles. The maximum Gasteiger partial charge on any atom is 0.230 e. The zero-order valence-corrected chi connectivity index (χ0v) is 14.0. The predicted octanol–water partition coefficient (Wildman–Crippen LogP) is 1.81. The van der Waals surface area contributed by atoms with Crippen molar-refractivity contribution in [3.8, 4) is 0 Å². The largest absolute Gasteiger partial charge is 0.355 e. The summed E-state index contributed by atoms with van der Waals surface area (Å²) in [5, 5.41) is 11.0. The summed E-state index contributed by atoms with van der Waals surface area (Å²) in [6.45, 7) is 3.79. The van der Waals surface area contributed by atoms with Crippen LogP contribution in [0, 0.1) is 0 Å². The molecule has 1 amide bonds. The van der Waals surface area contributed by atoms with Gasteiger partial charge in [-0.1, -0.05) is 41.8 Å². The number of carbonyl (C=O) groups is 1. The Bertz CT molecular complexity index is 384. The topological polar surface area (TPSA) is 58.1 Å². The minimum atomic E-state index is 0.0591. The Hall–Kier alpha value is -0.310. The van der Waals surface area contributed by atoms with Crippen LogP contribution < -0.4 is 5.32 Å². The summed E-state index contributed by atoms with van der Waals surface area (Å²) in [6.07, 6.45) is 0.960. The van der Waals surface area contributed by atoms with Crippen LogP contribution in [-0.4, -0.2) is 59.7 Å². The molecule has 1 aromatic rings. The average molecular weight is 321 g/mol. The fourth-order valence-electron chi connectivity index (χ4n) is 1.07. The monoisotopic (exact) mass is 320 g/mol. The Morgan fingerprint density at radius 1 is 1.32 bits per heavy atom. The van der Waals surface area contributed by atoms with E-state index in [4.69, 9.17) is 0 Å². The number of carbonyl (C=O) groups excluding carboxylic acids is 1. The highest BCUT2D eigenvalue weighted by atomic mass is 32.2. The number of hydrogen-bond acceptors (Lipinski definition) is 7. The first-order valence-corrected chi connectivity index (χ1v) is 8.91. The molecule has 0 aliphatic rings. The zero-order chi connectivity index (χ0) is 14.1. The molecule has 0 aromatic carbocycles. The Morgan fingerprint density at radius 3 is 2.63 bits per heavy atom. The molecule has 0 aliphatic heterocycles. The van der Waals surface area contributed by atoms with Gasteiger partial charge in [-0.15, -0.1) is 10.2 Å². The van der Waals surface area contributed by atoms with Gasteiger partial charge in [0.05, 0.1) is 5.75 Å². The smallest absolute Gasteiger partial charge is 0.230 e. The fraction of sp³-hybridized carbons (Fsp3) is 0.727. The summed E-state index contributed by atoms with van der Waals surface area (Å²) in [5.41, 5.74) is 0. The lowest BCUT2D eigenvalue weighted by molar-refractivity contribution is -0.118. The van der Waals surface area contributed by atoms with E-state index in [1.807, 2.05) is 6.92 Å². The van der Waals surface area contributed by atoms with Gasteiger partial charge in [0.2, 0.25) is 5.91 Å². The highest BCUT2D eigenvalue weighted by Gasteiger charge is 2.08. The number of amides is 1. The standard InChI is InChI=1S/C11H20N4OS3/c1-4-5-12-9(16)8-18-11-14-13-10(19-11)17-7-6-15(2)3/h4-8H2,1-3H3,(H,12,16). The molecule has 19 heavy (non-hydrogen) atoms. The summed E-state index contributed by atoms with van der Waals surface area (Å²) < 4.78 is 1.83. The van der Waals surface area contributed by atoms with E-state index in [0.29, 0.717) is 5.75 Å². The van der Waals surface area contributed by atoms with Gasteiger partial charge in [0.1, 0.15) is 0 Å². The molecule has 108 valence electrons. The van der Waals surface area contributed by atoms with Crippen LogP contribution in [0.4, 0.5) is 0 Å². The second kappa shape index (κ2) is 9.57. The maximum absolute atomic E-state index is 11.4. The molecule has 0 bridgehead atoms. The van der Waals surface area contributed by atoms with Crippen LogP contribution in [-0.2, 0) is 4.79 Å². The summed E-state index contributed by atoms with van der Waals surface area (Å²) in [5.74, 6) is 1.48. The fourth-order valence-corrected chi connectivity index (χ4v) is 4.10. The minimum absolute atomic E-state index is 0.0591. The molecule has 0 radical (unpaired) electrons. The van der Waals surface area contributed by atoms with Crippen molar-refractivity contribution in [3.63, 3.8) is 0 Å². The molecule has 0 spiro atoms. The maximum atomic E-state index is 11.4. The van der Waals surface area contributed by atoms with Gasteiger partial charge in [-0.2, -0.15) is 0 Å². The van der Waals surface area contributed by atoms with Crippen molar-refractivity contribution >= 4 is 40.8 Å². The summed E-state index contributed by atoms with van der Waals surface area (Å²) in [6, 6.07) is 0. The van der Waals surface area contributed by atoms with E-state index in [1.54, 1.807) is 23.1 Å². The van der Waals surface area contributed by atoms with Gasteiger partial charge in [-0.25, -0.2) is 0 Å². The molecule has 0 fully saturated rings. The van der Waals surface area contributed by atoms with Crippen molar-refractivity contribution in [3.05, 3.63) is 0 Å². The lowest BCUT2D eigenvalue weighted by Gasteiger charge is -2.06. The molecular formula is C11H20N4OS3. The van der Waals surface area contributed by atoms with Gasteiger partial charge in [0.25, 0.3) is 0 Å². The molecule has 1 rings (SSSR count). The highest BCUT2D eigenvalue weighted by Crippen LogP contribution is 2.28. The molecular weight excluding hydrogens is 300 g/mol. The second-order valence-corrected chi connectivity index (χ2v) is 7.67. The van der Waals surface area contributed by atoms with E-state index < -0.39 is 0 Å². The number of nitrogens with zero attached hydrogens (tertiary/aromatic N) is 3. The summed E-state index contributed by atoms with van der Waals surface area (Å²) >= 11 is 4.71. The quantitative estimate of drug-likeness (QED) is 0.700. The Labute approximate surface area is 126 Å². The van der Waals surface area contributed by atoms with Crippen molar-refractivity contribution in [2.75, 3.05) is 38.7 Å². The van der Waals surface area contributed by atoms with Gasteiger partial charge >= 0.3 is 0 Å². The normalized spacial score (nSPS) is 10.9. The first kappa shape index (κ1) is 16.7. The summed E-state index contributed by atoms with van der Waals surface area (Å²) in [7, 11) is 4.10. The predicted molar refractivity (Wildman–Crippen MR) is 83.2 cm³/mol. The average Bonchev–Trinajstić information content (AvgIpc) is 2.81. The highest BCUT2D eigenvalue weighted by molar-refractivity contribution is 8.03. The summed E-state index contributed by atoms with van der Waals surface area (Å²) in [4.78, 5) is 13.6. The van der Waals surface area contributed by atoms with Crippen LogP contribution in [0.5, 0.6) is 0 Å². The van der Waals surface area contributed by atoms with Crippen LogP contribution in [0.2, 0.25) is 0 Å². The third-order valence-electron chi connectivity index (χ3n) is 2.05. The van der Waals surface area contributed by atoms with Crippen LogP contribution in [0.15, 0.2) is 8.68 Å². The third-order valence-corrected chi connectivity index (χ3v) is 5.22. The molecule has 0 aliphatic carbocycles. The molecule has 1 heterocycles. The van der Waals surface area contributed by atoms with Crippen LogP contribution in [0.3, 0.4) is 0 Å². The van der Waals surface area contributed by atoms with E-state index in [1.165, 1.54) is 11.8 Å². The number of rotatable bonds is 9. The number of aromatic nitrogens is 2. The van der Waals surface area contributed by atoms with Crippen molar-refractivity contribution in [1.82, 2.24) is 20.4 Å². The molecule has 1 aromatic heterocycles. The third kappa shape index (κ3) is 7.76. The molecule has 5 nitrogen and oxygen atoms in total. The molecule has 0 unspecified atom stereocenters. The molecule has 1 N–H and O–H groups in total. The number of nitrogens with one attached hydrogen (secondary N) is 1. The molecule has 0 atom stereocenters. The van der Waals surface area contributed by atoms with Crippen LogP contribution in [0.1, 0.15) is 13.3 Å². The molecule has 8 heteroatoms. The molecule has 0 saturated heterocycles. The lowest BCUT2D eigenvalue weighted by atomic mass is 10.5. The van der Waals surface area contributed by atoms with E-state index in [9.17, 15) is 4.79 Å². The van der Waals surface area contributed by atoms with Crippen molar-refractivity contribution < 1.29 is 4.79 Å². The van der Waals surface area contributed by atoms with Gasteiger partial charge in [-0.3, -0.25) is 4.79 Å². The van der Waals surface area contributed by atoms with Crippen molar-refractivity contribution in [2.24, 2.45) is 0 Å². The van der Waals surface area contributed by atoms with Crippen LogP contribution >= 0.6 is 34.9 Å². The lowest BCUT2D eigenvalue weighted by Crippen LogP contribution is -2.25. The van der Waals surface area contributed by atoms with E-state index in [0.717, 1.165) is 33.9 Å². The SMILES string of the molecule is CCCNC(=O)CSc1nnc(SCCN(C)C)s1. The Balaban J connectivity index is 2.24. The number of thioether (sulfide) groups is 2. The van der Waals surface area contributed by atoms with E-state index >= 15 is 0 Å². The first-order valence-electron chi connectivity index (χ1n) is 6.12. The minimum Gasteiger partial charge on any atom is -0.355 e. The van der Waals surface area contributed by atoms with Crippen LogP contribution in [0.25, 0.3) is 0 Å². The number of hydrogen-bond donors (Lipinski definition) is 1. The Morgan fingerprint density at radius 2 is 2.00 bits per heavy atom. The van der Waals surface area contributed by atoms with Crippen molar-refractivity contribution in [1.29, 1.82) is 0 Å². The van der Waals surface area contributed by atoms with Gasteiger partial charge in [0, 0.05) is 18.8 Å². The second-order valence-electron chi connectivity index (χ2n) is 4.12. The van der Waals surface area contributed by atoms with E-state index in [2.05, 4.69) is 34.5 Å².